The van der Waals surface area contributed by atoms with E-state index in [4.69, 9.17) is 22.9 Å². The fourth-order valence-electron chi connectivity index (χ4n) is 4.34. The van der Waals surface area contributed by atoms with Crippen LogP contribution >= 0.6 is 0 Å². The van der Waals surface area contributed by atoms with Crippen LogP contribution < -0.4 is 38.1 Å². The van der Waals surface area contributed by atoms with E-state index in [1.807, 2.05) is 9.80 Å². The van der Waals surface area contributed by atoms with E-state index in [0.29, 0.717) is 50.1 Å². The van der Waals surface area contributed by atoms with Crippen molar-refractivity contribution in [2.24, 2.45) is 22.9 Å². The summed E-state index contributed by atoms with van der Waals surface area (Å²) in [5.41, 5.74) is 24.1. The van der Waals surface area contributed by atoms with Crippen LogP contribution in [0, 0.1) is 0 Å². The average molecular weight is 459 g/mol. The lowest BCUT2D eigenvalue weighted by Gasteiger charge is -2.35. The molecule has 3 heterocycles. The maximum Gasteiger partial charge on any atom is 0.252 e. The maximum atomic E-state index is 11.4. The summed E-state index contributed by atoms with van der Waals surface area (Å²) < 4.78 is 0. The van der Waals surface area contributed by atoms with Crippen LogP contribution in [0.1, 0.15) is 23.2 Å². The van der Waals surface area contributed by atoms with Gasteiger partial charge in [-0.3, -0.25) is 4.79 Å². The molecule has 33 heavy (non-hydrogen) atoms. The average Bonchev–Trinajstić information content (AvgIpc) is 3.13. The van der Waals surface area contributed by atoms with Gasteiger partial charge in [0.1, 0.15) is 5.75 Å². The van der Waals surface area contributed by atoms with Crippen molar-refractivity contribution in [3.63, 3.8) is 0 Å². The molecule has 0 unspecified atom stereocenters. The van der Waals surface area contributed by atoms with Gasteiger partial charge in [0, 0.05) is 49.5 Å². The molecule has 11 N–H and O–H groups in total. The zero-order valence-corrected chi connectivity index (χ0v) is 18.1. The Labute approximate surface area is 190 Å². The van der Waals surface area contributed by atoms with E-state index in [1.54, 1.807) is 6.07 Å². The molecular formula is C20H30N10O3. The van der Waals surface area contributed by atoms with Gasteiger partial charge in [-0.25, -0.2) is 0 Å². The number of hydrogen-bond acceptors (Lipinski definition) is 12. The molecule has 0 spiro atoms. The van der Waals surface area contributed by atoms with Crippen LogP contribution in [-0.4, -0.2) is 81.5 Å². The summed E-state index contributed by atoms with van der Waals surface area (Å²) in [7, 11) is 0. The number of nitrogens with zero attached hydrogens (tertiary/aromatic N) is 5. The van der Waals surface area contributed by atoms with Gasteiger partial charge in [-0.2, -0.15) is 15.0 Å². The first-order chi connectivity index (χ1) is 15.7. The van der Waals surface area contributed by atoms with E-state index in [0.717, 1.165) is 0 Å². The molecule has 13 heteroatoms. The molecule has 2 aliphatic heterocycles. The predicted octanol–water partition coefficient (Wildman–Crippen LogP) is -1.82. The first-order valence-corrected chi connectivity index (χ1v) is 10.8. The van der Waals surface area contributed by atoms with Gasteiger partial charge >= 0.3 is 0 Å². The quantitative estimate of drug-likeness (QED) is 0.254. The Hall–Kier alpha value is -3.26. The SMILES string of the molecule is NC(=O)c1ccc(Nc2nc(N3C[C@H](N)C[C@H](N)C3)nc(N3C[C@@H](N)C[C@H]3CO)n2)cc1O. The lowest BCUT2D eigenvalue weighted by atomic mass is 10.0. The number of benzene rings is 1. The molecule has 0 aliphatic carbocycles. The number of primary amides is 1. The predicted molar refractivity (Wildman–Crippen MR) is 123 cm³/mol. The number of carbonyl (C=O) groups excluding carboxylic acids is 1. The van der Waals surface area contributed by atoms with Crippen molar-refractivity contribution in [3.8, 4) is 5.75 Å². The summed E-state index contributed by atoms with van der Waals surface area (Å²) in [5.74, 6) is -0.0302. The Morgan fingerprint density at radius 2 is 1.70 bits per heavy atom. The normalized spacial score (nSPS) is 25.3. The molecule has 178 valence electrons. The molecule has 2 aliphatic rings. The minimum Gasteiger partial charge on any atom is -0.507 e. The molecule has 0 radical (unpaired) electrons. The summed E-state index contributed by atoms with van der Waals surface area (Å²) >= 11 is 0. The molecule has 2 saturated heterocycles. The Morgan fingerprint density at radius 3 is 2.33 bits per heavy atom. The summed E-state index contributed by atoms with van der Waals surface area (Å²) in [6.45, 7) is 1.47. The number of hydrogen-bond donors (Lipinski definition) is 7. The number of aromatic hydroxyl groups is 1. The molecule has 0 bridgehead atoms. The van der Waals surface area contributed by atoms with Crippen molar-refractivity contribution < 1.29 is 15.0 Å². The Kier molecular flexibility index (Phi) is 6.47. The Balaban J connectivity index is 1.70. The molecule has 13 nitrogen and oxygen atoms in total. The molecular weight excluding hydrogens is 428 g/mol. The first kappa shape index (κ1) is 22.9. The number of aromatic nitrogens is 3. The van der Waals surface area contributed by atoms with Crippen molar-refractivity contribution in [2.75, 3.05) is 41.4 Å². The largest absolute Gasteiger partial charge is 0.507 e. The van der Waals surface area contributed by atoms with Crippen LogP contribution in [0.5, 0.6) is 5.75 Å². The number of aliphatic hydroxyl groups is 1. The molecule has 2 fully saturated rings. The van der Waals surface area contributed by atoms with Gasteiger partial charge in [0.05, 0.1) is 18.2 Å². The van der Waals surface area contributed by atoms with E-state index in [9.17, 15) is 15.0 Å². The number of rotatable bonds is 6. The van der Waals surface area contributed by atoms with Crippen LogP contribution in [0.15, 0.2) is 18.2 Å². The monoisotopic (exact) mass is 458 g/mol. The smallest absolute Gasteiger partial charge is 0.252 e. The van der Waals surface area contributed by atoms with Gasteiger partial charge in [0.2, 0.25) is 17.8 Å². The molecule has 2 aromatic rings. The fourth-order valence-corrected chi connectivity index (χ4v) is 4.34. The third kappa shape index (κ3) is 5.06. The molecule has 1 amide bonds. The van der Waals surface area contributed by atoms with Crippen molar-refractivity contribution in [3.05, 3.63) is 23.8 Å². The van der Waals surface area contributed by atoms with Crippen LogP contribution in [-0.2, 0) is 0 Å². The molecule has 1 aromatic carbocycles. The molecule has 0 saturated carbocycles. The highest BCUT2D eigenvalue weighted by molar-refractivity contribution is 5.96. The fraction of sp³-hybridized carbons (Fsp3) is 0.500. The number of nitrogens with one attached hydrogen (secondary N) is 1. The number of aliphatic hydroxyl groups excluding tert-OH is 1. The second-order valence-corrected chi connectivity index (χ2v) is 8.63. The maximum absolute atomic E-state index is 11.4. The van der Waals surface area contributed by atoms with Crippen LogP contribution in [0.4, 0.5) is 23.5 Å². The van der Waals surface area contributed by atoms with Crippen LogP contribution in [0.25, 0.3) is 0 Å². The van der Waals surface area contributed by atoms with Crippen molar-refractivity contribution in [2.45, 2.75) is 37.0 Å². The molecule has 4 rings (SSSR count). The summed E-state index contributed by atoms with van der Waals surface area (Å²) in [6.07, 6.45) is 1.32. The van der Waals surface area contributed by atoms with Crippen LogP contribution in [0.2, 0.25) is 0 Å². The molecule has 4 atom stereocenters. The first-order valence-electron chi connectivity index (χ1n) is 10.8. The zero-order valence-electron chi connectivity index (χ0n) is 18.1. The Bertz CT molecular complexity index is 1010. The van der Waals surface area contributed by atoms with Crippen molar-refractivity contribution >= 4 is 29.4 Å². The highest BCUT2D eigenvalue weighted by Gasteiger charge is 2.33. The van der Waals surface area contributed by atoms with E-state index < -0.39 is 5.91 Å². The van der Waals surface area contributed by atoms with E-state index in [1.165, 1.54) is 12.1 Å². The number of carbonyl (C=O) groups is 1. The number of phenols is 1. The number of amides is 1. The standard InChI is InChI=1S/C20H30N10O3/c21-10-3-11(22)7-29(6-10)19-26-18(25-13-1-2-15(17(24)33)16(32)5-13)27-20(28-19)30-8-12(23)4-14(30)9-31/h1-2,5,10-12,14,31-32H,3-4,6-9,21-23H2,(H2,24,33)(H,25,26,27,28)/t10-,11+,12-,14-/m0/s1. The summed E-state index contributed by atoms with van der Waals surface area (Å²) in [6, 6.07) is 3.79. The molecule has 1 aromatic heterocycles. The van der Waals surface area contributed by atoms with Gasteiger partial charge in [-0.05, 0) is 25.0 Å². The highest BCUT2D eigenvalue weighted by atomic mass is 16.3. The topological polar surface area (TPSA) is 219 Å². The number of piperidine rings is 1. The lowest BCUT2D eigenvalue weighted by molar-refractivity contribution is 0.0998. The minimum atomic E-state index is -0.734. The van der Waals surface area contributed by atoms with Gasteiger partial charge in [-0.15, -0.1) is 0 Å². The van der Waals surface area contributed by atoms with Gasteiger partial charge in [0.15, 0.2) is 0 Å². The van der Waals surface area contributed by atoms with E-state index in [-0.39, 0.29) is 48.0 Å². The number of anilines is 4. The van der Waals surface area contributed by atoms with Crippen molar-refractivity contribution in [1.29, 1.82) is 0 Å². The summed E-state index contributed by atoms with van der Waals surface area (Å²) in [4.78, 5) is 28.9. The van der Waals surface area contributed by atoms with Gasteiger partial charge in [-0.1, -0.05) is 0 Å². The Morgan fingerprint density at radius 1 is 1.03 bits per heavy atom. The number of nitrogens with two attached hydrogens (primary N) is 4. The second kappa shape index (κ2) is 9.31. The highest BCUT2D eigenvalue weighted by Crippen LogP contribution is 2.28. The lowest BCUT2D eigenvalue weighted by Crippen LogP contribution is -2.53. The van der Waals surface area contributed by atoms with Crippen molar-refractivity contribution in [1.82, 2.24) is 15.0 Å². The minimum absolute atomic E-state index is 0.00529. The van der Waals surface area contributed by atoms with E-state index in [2.05, 4.69) is 20.3 Å². The summed E-state index contributed by atoms with van der Waals surface area (Å²) in [5, 5.41) is 23.0. The van der Waals surface area contributed by atoms with Gasteiger partial charge < -0.3 is 48.3 Å². The second-order valence-electron chi connectivity index (χ2n) is 8.63. The zero-order chi connectivity index (χ0) is 23.7. The van der Waals surface area contributed by atoms with Gasteiger partial charge in [0.25, 0.3) is 5.91 Å². The van der Waals surface area contributed by atoms with Crippen LogP contribution in [0.3, 0.4) is 0 Å². The van der Waals surface area contributed by atoms with E-state index >= 15 is 0 Å². The third-order valence-electron chi connectivity index (χ3n) is 5.84. The third-order valence-corrected chi connectivity index (χ3v) is 5.84.